The first-order valence-electron chi connectivity index (χ1n) is 7.54. The average molecular weight is 292 g/mol. The van der Waals surface area contributed by atoms with Gasteiger partial charge in [-0.1, -0.05) is 44.2 Å². The van der Waals surface area contributed by atoms with E-state index in [4.69, 9.17) is 0 Å². The number of aliphatic hydroxyl groups is 1. The molecular weight excluding hydrogens is 264 g/mol. The van der Waals surface area contributed by atoms with Crippen molar-refractivity contribution in [2.45, 2.75) is 26.4 Å². The van der Waals surface area contributed by atoms with Crippen LogP contribution < -0.4 is 5.32 Å². The number of rotatable bonds is 8. The summed E-state index contributed by atoms with van der Waals surface area (Å²) in [5, 5.41) is 12.7. The van der Waals surface area contributed by atoms with Crippen LogP contribution in [0.15, 0.2) is 30.3 Å². The van der Waals surface area contributed by atoms with Crippen LogP contribution in [-0.2, 0) is 11.2 Å². The largest absolute Gasteiger partial charge is 0.390 e. The van der Waals surface area contributed by atoms with Gasteiger partial charge in [-0.15, -0.1) is 0 Å². The maximum Gasteiger partial charge on any atom is 0.223 e. The predicted octanol–water partition coefficient (Wildman–Crippen LogP) is 1.54. The topological polar surface area (TPSA) is 52.6 Å². The molecule has 21 heavy (non-hydrogen) atoms. The van der Waals surface area contributed by atoms with E-state index in [0.29, 0.717) is 13.1 Å². The minimum absolute atomic E-state index is 0.0201. The van der Waals surface area contributed by atoms with Crippen LogP contribution in [0.4, 0.5) is 0 Å². The lowest BCUT2D eigenvalue weighted by molar-refractivity contribution is -0.126. The molecule has 0 saturated carbocycles. The lowest BCUT2D eigenvalue weighted by Gasteiger charge is -2.22. The molecule has 2 N–H and O–H groups in total. The van der Waals surface area contributed by atoms with Crippen LogP contribution in [-0.4, -0.2) is 49.2 Å². The first-order chi connectivity index (χ1) is 9.90. The van der Waals surface area contributed by atoms with Gasteiger partial charge in [0.25, 0.3) is 0 Å². The maximum atomic E-state index is 12.3. The van der Waals surface area contributed by atoms with Gasteiger partial charge in [-0.2, -0.15) is 0 Å². The number of aliphatic hydroxyl groups excluding tert-OH is 1. The van der Waals surface area contributed by atoms with Gasteiger partial charge in [0.2, 0.25) is 5.91 Å². The zero-order valence-electron chi connectivity index (χ0n) is 13.5. The van der Waals surface area contributed by atoms with Crippen LogP contribution in [0.2, 0.25) is 0 Å². The maximum absolute atomic E-state index is 12.3. The van der Waals surface area contributed by atoms with E-state index in [9.17, 15) is 9.90 Å². The van der Waals surface area contributed by atoms with E-state index >= 15 is 0 Å². The Kier molecular flexibility index (Phi) is 7.40. The number of nitrogens with one attached hydrogen (secondary N) is 1. The molecule has 1 amide bonds. The predicted molar refractivity (Wildman–Crippen MR) is 86.0 cm³/mol. The molecule has 0 aliphatic rings. The van der Waals surface area contributed by atoms with Crippen LogP contribution in [0.3, 0.4) is 0 Å². The summed E-state index contributed by atoms with van der Waals surface area (Å²) < 4.78 is 0. The van der Waals surface area contributed by atoms with Crippen LogP contribution in [0.5, 0.6) is 0 Å². The van der Waals surface area contributed by atoms with Crippen LogP contribution >= 0.6 is 0 Å². The van der Waals surface area contributed by atoms with Crippen molar-refractivity contribution < 1.29 is 9.90 Å². The third-order valence-electron chi connectivity index (χ3n) is 3.53. The van der Waals surface area contributed by atoms with E-state index in [0.717, 1.165) is 6.42 Å². The van der Waals surface area contributed by atoms with E-state index < -0.39 is 6.10 Å². The third kappa shape index (κ3) is 6.74. The lowest BCUT2D eigenvalue weighted by atomic mass is 9.88. The molecule has 4 nitrogen and oxygen atoms in total. The highest BCUT2D eigenvalue weighted by molar-refractivity contribution is 5.79. The average Bonchev–Trinajstić information content (AvgIpc) is 2.42. The molecule has 1 aromatic carbocycles. The number of benzene rings is 1. The zero-order chi connectivity index (χ0) is 15.8. The number of nitrogens with zero attached hydrogens (tertiary/aromatic N) is 1. The highest BCUT2D eigenvalue weighted by Crippen LogP contribution is 2.17. The van der Waals surface area contributed by atoms with Crippen molar-refractivity contribution in [2.75, 3.05) is 27.2 Å². The molecule has 0 aliphatic carbocycles. The Labute approximate surface area is 128 Å². The summed E-state index contributed by atoms with van der Waals surface area (Å²) in [4.78, 5) is 14.2. The van der Waals surface area contributed by atoms with Gasteiger partial charge >= 0.3 is 0 Å². The molecule has 4 heteroatoms. The Morgan fingerprint density at radius 3 is 2.38 bits per heavy atom. The van der Waals surface area contributed by atoms with Gasteiger partial charge in [0.05, 0.1) is 6.10 Å². The fraction of sp³-hybridized carbons (Fsp3) is 0.588. The van der Waals surface area contributed by atoms with Gasteiger partial charge in [-0.3, -0.25) is 4.79 Å². The fourth-order valence-electron chi connectivity index (χ4n) is 2.33. The normalized spacial score (nSPS) is 14.2. The molecule has 1 rings (SSSR count). The molecule has 0 aliphatic heterocycles. The van der Waals surface area contributed by atoms with E-state index in [1.165, 1.54) is 5.56 Å². The molecule has 0 bridgehead atoms. The SMILES string of the molecule is CC(C)[C@@H](Cc1ccccc1)C(=O)NC[C@H](O)CN(C)C. The molecule has 0 spiro atoms. The first kappa shape index (κ1) is 17.7. The molecule has 1 aromatic rings. The number of likely N-dealkylation sites (N-methyl/N-ethyl adjacent to an activating group) is 1. The lowest BCUT2D eigenvalue weighted by Crippen LogP contribution is -2.41. The van der Waals surface area contributed by atoms with Gasteiger partial charge in [-0.05, 0) is 32.0 Å². The van der Waals surface area contributed by atoms with Crippen molar-refractivity contribution in [3.8, 4) is 0 Å². The Balaban J connectivity index is 2.54. The second-order valence-electron chi connectivity index (χ2n) is 6.20. The molecule has 0 heterocycles. The zero-order valence-corrected chi connectivity index (χ0v) is 13.5. The van der Waals surface area contributed by atoms with Crippen molar-refractivity contribution in [3.63, 3.8) is 0 Å². The highest BCUT2D eigenvalue weighted by atomic mass is 16.3. The number of amides is 1. The Morgan fingerprint density at radius 2 is 1.86 bits per heavy atom. The van der Waals surface area contributed by atoms with Crippen molar-refractivity contribution in [1.82, 2.24) is 10.2 Å². The van der Waals surface area contributed by atoms with Crippen molar-refractivity contribution in [2.24, 2.45) is 11.8 Å². The highest BCUT2D eigenvalue weighted by Gasteiger charge is 2.22. The van der Waals surface area contributed by atoms with Crippen LogP contribution in [0, 0.1) is 11.8 Å². The van der Waals surface area contributed by atoms with Crippen molar-refractivity contribution in [1.29, 1.82) is 0 Å². The monoisotopic (exact) mass is 292 g/mol. The fourth-order valence-corrected chi connectivity index (χ4v) is 2.33. The molecule has 0 aromatic heterocycles. The van der Waals surface area contributed by atoms with Crippen molar-refractivity contribution >= 4 is 5.91 Å². The summed E-state index contributed by atoms with van der Waals surface area (Å²) in [5.74, 6) is 0.210. The van der Waals surface area contributed by atoms with E-state index in [-0.39, 0.29) is 17.7 Å². The summed E-state index contributed by atoms with van der Waals surface area (Å²) in [6.45, 7) is 4.97. The van der Waals surface area contributed by atoms with Gasteiger partial charge < -0.3 is 15.3 Å². The minimum Gasteiger partial charge on any atom is -0.390 e. The minimum atomic E-state index is -0.534. The number of hydrogen-bond acceptors (Lipinski definition) is 3. The van der Waals surface area contributed by atoms with Crippen LogP contribution in [0.25, 0.3) is 0 Å². The molecule has 0 saturated heterocycles. The summed E-state index contributed by atoms with van der Waals surface area (Å²) in [6.07, 6.45) is 0.196. The summed E-state index contributed by atoms with van der Waals surface area (Å²) in [5.41, 5.74) is 1.17. The molecule has 0 radical (unpaired) electrons. The molecule has 0 fully saturated rings. The Morgan fingerprint density at radius 1 is 1.24 bits per heavy atom. The smallest absolute Gasteiger partial charge is 0.223 e. The number of carbonyl (C=O) groups excluding carboxylic acids is 1. The molecule has 118 valence electrons. The summed E-state index contributed by atoms with van der Waals surface area (Å²) in [7, 11) is 3.80. The van der Waals surface area contributed by atoms with E-state index in [1.807, 2.05) is 49.3 Å². The van der Waals surface area contributed by atoms with Gasteiger partial charge in [0.1, 0.15) is 0 Å². The number of carbonyl (C=O) groups is 1. The van der Waals surface area contributed by atoms with Gasteiger partial charge in [0, 0.05) is 19.0 Å². The van der Waals surface area contributed by atoms with Crippen LogP contribution in [0.1, 0.15) is 19.4 Å². The standard InChI is InChI=1S/C17H28N2O2/c1-13(2)16(10-14-8-6-5-7-9-14)17(21)18-11-15(20)12-19(3)4/h5-9,13,15-16,20H,10-12H2,1-4H3,(H,18,21)/t15-,16+/m0/s1. The second kappa shape index (κ2) is 8.80. The van der Waals surface area contributed by atoms with E-state index in [2.05, 4.69) is 19.2 Å². The second-order valence-corrected chi connectivity index (χ2v) is 6.20. The summed E-state index contributed by atoms with van der Waals surface area (Å²) in [6, 6.07) is 10.1. The van der Waals surface area contributed by atoms with Crippen molar-refractivity contribution in [3.05, 3.63) is 35.9 Å². The third-order valence-corrected chi connectivity index (χ3v) is 3.53. The molecule has 2 atom stereocenters. The quantitative estimate of drug-likeness (QED) is 0.764. The van der Waals surface area contributed by atoms with Gasteiger partial charge in [0.15, 0.2) is 0 Å². The molecule has 0 unspecified atom stereocenters. The Hall–Kier alpha value is -1.39. The number of hydrogen-bond donors (Lipinski definition) is 2. The summed E-state index contributed by atoms with van der Waals surface area (Å²) >= 11 is 0. The first-order valence-corrected chi connectivity index (χ1v) is 7.54. The molecular formula is C17H28N2O2. The Bertz CT molecular complexity index is 418. The van der Waals surface area contributed by atoms with E-state index in [1.54, 1.807) is 0 Å². The van der Waals surface area contributed by atoms with Gasteiger partial charge in [-0.25, -0.2) is 0 Å².